The summed E-state index contributed by atoms with van der Waals surface area (Å²) in [5.74, 6) is -1.40. The van der Waals surface area contributed by atoms with Crippen molar-refractivity contribution in [2.75, 3.05) is 6.54 Å². The molecule has 22 heavy (non-hydrogen) atoms. The highest BCUT2D eigenvalue weighted by atomic mass is 35.5. The van der Waals surface area contributed by atoms with Crippen LogP contribution in [0.25, 0.3) is 0 Å². The maximum atomic E-state index is 12.4. The van der Waals surface area contributed by atoms with Crippen molar-refractivity contribution in [2.45, 2.75) is 39.0 Å². The molecule has 0 radical (unpaired) electrons. The van der Waals surface area contributed by atoms with E-state index in [1.165, 1.54) is 0 Å². The first-order valence-corrected chi connectivity index (χ1v) is 7.83. The van der Waals surface area contributed by atoms with E-state index in [0.29, 0.717) is 22.8 Å². The second kappa shape index (κ2) is 6.97. The van der Waals surface area contributed by atoms with Crippen LogP contribution in [0.3, 0.4) is 0 Å². The maximum absolute atomic E-state index is 12.4. The SMILES string of the molecule is CCCCN1C(=O)CC(c2ccc(Cl)cc2)C(C(=O)O)=C1C. The van der Waals surface area contributed by atoms with Gasteiger partial charge in [-0.15, -0.1) is 0 Å². The minimum Gasteiger partial charge on any atom is -0.478 e. The molecule has 1 aliphatic heterocycles. The highest BCUT2D eigenvalue weighted by molar-refractivity contribution is 6.30. The molecule has 0 spiro atoms. The lowest BCUT2D eigenvalue weighted by Gasteiger charge is -2.34. The number of hydrogen-bond donors (Lipinski definition) is 1. The van der Waals surface area contributed by atoms with Crippen LogP contribution in [-0.4, -0.2) is 28.4 Å². The topological polar surface area (TPSA) is 57.6 Å². The highest BCUT2D eigenvalue weighted by Crippen LogP contribution is 2.36. The number of nitrogens with zero attached hydrogens (tertiary/aromatic N) is 1. The van der Waals surface area contributed by atoms with Crippen LogP contribution in [0.15, 0.2) is 35.5 Å². The van der Waals surface area contributed by atoms with Crippen LogP contribution in [0.1, 0.15) is 44.6 Å². The van der Waals surface area contributed by atoms with Crippen LogP contribution in [0.2, 0.25) is 5.02 Å². The lowest BCUT2D eigenvalue weighted by Crippen LogP contribution is -2.38. The fraction of sp³-hybridized carbons (Fsp3) is 0.412. The van der Waals surface area contributed by atoms with Crippen molar-refractivity contribution in [1.82, 2.24) is 4.90 Å². The largest absolute Gasteiger partial charge is 0.478 e. The number of unbranched alkanes of at least 4 members (excludes halogenated alkanes) is 1. The molecule has 0 aliphatic carbocycles. The number of rotatable bonds is 5. The van der Waals surface area contributed by atoms with Crippen LogP contribution in [0.5, 0.6) is 0 Å². The van der Waals surface area contributed by atoms with E-state index < -0.39 is 11.9 Å². The summed E-state index contributed by atoms with van der Waals surface area (Å²) in [4.78, 5) is 25.7. The lowest BCUT2D eigenvalue weighted by molar-refractivity contribution is -0.135. The van der Waals surface area contributed by atoms with Gasteiger partial charge in [-0.3, -0.25) is 4.79 Å². The summed E-state index contributed by atoms with van der Waals surface area (Å²) in [6.45, 7) is 4.34. The first-order chi connectivity index (χ1) is 10.5. The molecule has 0 saturated heterocycles. The Labute approximate surface area is 135 Å². The monoisotopic (exact) mass is 321 g/mol. The van der Waals surface area contributed by atoms with E-state index in [1.807, 2.05) is 6.92 Å². The van der Waals surface area contributed by atoms with E-state index in [0.717, 1.165) is 18.4 Å². The van der Waals surface area contributed by atoms with Gasteiger partial charge in [0.2, 0.25) is 5.91 Å². The van der Waals surface area contributed by atoms with E-state index >= 15 is 0 Å². The zero-order valence-electron chi connectivity index (χ0n) is 12.8. The Bertz CT molecular complexity index is 607. The van der Waals surface area contributed by atoms with Crippen molar-refractivity contribution in [3.63, 3.8) is 0 Å². The molecule has 0 aromatic heterocycles. The van der Waals surface area contributed by atoms with Gasteiger partial charge in [-0.1, -0.05) is 37.1 Å². The van der Waals surface area contributed by atoms with Crippen molar-refractivity contribution in [3.8, 4) is 0 Å². The Morgan fingerprint density at radius 3 is 2.55 bits per heavy atom. The molecule has 1 aliphatic rings. The van der Waals surface area contributed by atoms with Gasteiger partial charge in [0, 0.05) is 29.6 Å². The normalized spacial score (nSPS) is 18.8. The Balaban J connectivity index is 2.42. The van der Waals surface area contributed by atoms with Crippen LogP contribution in [0.4, 0.5) is 0 Å². The van der Waals surface area contributed by atoms with Gasteiger partial charge in [0.15, 0.2) is 0 Å². The van der Waals surface area contributed by atoms with Crippen molar-refractivity contribution >= 4 is 23.5 Å². The molecular formula is C17H20ClNO3. The molecule has 0 saturated carbocycles. The van der Waals surface area contributed by atoms with Gasteiger partial charge in [-0.05, 0) is 31.0 Å². The number of aliphatic carboxylic acids is 1. The van der Waals surface area contributed by atoms with Gasteiger partial charge in [0.1, 0.15) is 0 Å². The van der Waals surface area contributed by atoms with Crippen molar-refractivity contribution in [1.29, 1.82) is 0 Å². The Morgan fingerprint density at radius 1 is 1.36 bits per heavy atom. The smallest absolute Gasteiger partial charge is 0.333 e. The van der Waals surface area contributed by atoms with E-state index in [-0.39, 0.29) is 12.3 Å². The molecule has 1 N–H and O–H groups in total. The molecule has 1 unspecified atom stereocenters. The van der Waals surface area contributed by atoms with Crippen molar-refractivity contribution in [3.05, 3.63) is 46.1 Å². The summed E-state index contributed by atoms with van der Waals surface area (Å²) >= 11 is 5.88. The summed E-state index contributed by atoms with van der Waals surface area (Å²) in [7, 11) is 0. The van der Waals surface area contributed by atoms with E-state index in [9.17, 15) is 14.7 Å². The molecule has 5 heteroatoms. The zero-order valence-corrected chi connectivity index (χ0v) is 13.6. The predicted molar refractivity (Wildman–Crippen MR) is 85.8 cm³/mol. The quantitative estimate of drug-likeness (QED) is 0.897. The van der Waals surface area contributed by atoms with Gasteiger partial charge >= 0.3 is 5.97 Å². The number of benzene rings is 1. The number of allylic oxidation sites excluding steroid dienone is 1. The Kier molecular flexibility index (Phi) is 5.24. The lowest BCUT2D eigenvalue weighted by atomic mass is 9.83. The minimum atomic E-state index is -0.966. The van der Waals surface area contributed by atoms with Crippen LogP contribution in [-0.2, 0) is 9.59 Å². The molecule has 0 bridgehead atoms. The van der Waals surface area contributed by atoms with Gasteiger partial charge in [0.05, 0.1) is 5.57 Å². The highest BCUT2D eigenvalue weighted by Gasteiger charge is 2.35. The third-order valence-corrected chi connectivity index (χ3v) is 4.31. The molecule has 0 fully saturated rings. The van der Waals surface area contributed by atoms with Gasteiger partial charge < -0.3 is 10.0 Å². The molecule has 1 aromatic carbocycles. The molecule has 118 valence electrons. The van der Waals surface area contributed by atoms with Gasteiger partial charge in [0.25, 0.3) is 0 Å². The predicted octanol–water partition coefficient (Wildman–Crippen LogP) is 3.81. The molecule has 1 heterocycles. The molecule has 1 aromatic rings. The van der Waals surface area contributed by atoms with E-state index in [1.54, 1.807) is 36.1 Å². The number of carbonyl (C=O) groups excluding carboxylic acids is 1. The van der Waals surface area contributed by atoms with Crippen LogP contribution in [0, 0.1) is 0 Å². The van der Waals surface area contributed by atoms with Gasteiger partial charge in [-0.2, -0.15) is 0 Å². The Hall–Kier alpha value is -1.81. The average Bonchev–Trinajstić information content (AvgIpc) is 2.46. The van der Waals surface area contributed by atoms with Crippen molar-refractivity contribution < 1.29 is 14.7 Å². The Morgan fingerprint density at radius 2 is 2.00 bits per heavy atom. The molecular weight excluding hydrogens is 302 g/mol. The first-order valence-electron chi connectivity index (χ1n) is 7.45. The van der Waals surface area contributed by atoms with Crippen molar-refractivity contribution in [2.24, 2.45) is 0 Å². The summed E-state index contributed by atoms with van der Waals surface area (Å²) in [6.07, 6.45) is 2.01. The standard InChI is InChI=1S/C17H20ClNO3/c1-3-4-9-19-11(2)16(17(21)22)14(10-15(19)20)12-5-7-13(18)8-6-12/h5-8,14H,3-4,9-10H2,1-2H3,(H,21,22). The number of hydrogen-bond acceptors (Lipinski definition) is 2. The summed E-state index contributed by atoms with van der Waals surface area (Å²) in [5, 5.41) is 10.2. The molecule has 1 atom stereocenters. The minimum absolute atomic E-state index is 0.0177. The third kappa shape index (κ3) is 3.33. The number of carboxylic acid groups (broad SMARTS) is 1. The summed E-state index contributed by atoms with van der Waals surface area (Å²) in [6, 6.07) is 7.02. The third-order valence-electron chi connectivity index (χ3n) is 4.06. The van der Waals surface area contributed by atoms with Crippen LogP contribution >= 0.6 is 11.6 Å². The zero-order chi connectivity index (χ0) is 16.3. The molecule has 4 nitrogen and oxygen atoms in total. The first kappa shape index (κ1) is 16.6. The number of carboxylic acids is 1. The van der Waals surface area contributed by atoms with E-state index in [4.69, 9.17) is 11.6 Å². The van der Waals surface area contributed by atoms with Crippen LogP contribution < -0.4 is 0 Å². The number of amides is 1. The second-order valence-corrected chi connectivity index (χ2v) is 5.95. The summed E-state index contributed by atoms with van der Waals surface area (Å²) < 4.78 is 0. The fourth-order valence-corrected chi connectivity index (χ4v) is 2.99. The summed E-state index contributed by atoms with van der Waals surface area (Å²) in [5.41, 5.74) is 1.67. The van der Waals surface area contributed by atoms with E-state index in [2.05, 4.69) is 0 Å². The number of carbonyl (C=O) groups is 2. The molecule has 1 amide bonds. The fourth-order valence-electron chi connectivity index (χ4n) is 2.86. The second-order valence-electron chi connectivity index (χ2n) is 5.51. The average molecular weight is 322 g/mol. The van der Waals surface area contributed by atoms with Gasteiger partial charge in [-0.25, -0.2) is 4.79 Å². The number of halogens is 1. The maximum Gasteiger partial charge on any atom is 0.333 e. The molecule has 2 rings (SSSR count).